The van der Waals surface area contributed by atoms with Crippen LogP contribution in [-0.4, -0.2) is 24.5 Å². The van der Waals surface area contributed by atoms with Crippen molar-refractivity contribution in [3.8, 4) is 0 Å². The quantitative estimate of drug-likeness (QED) is 0.499. The van der Waals surface area contributed by atoms with Crippen LogP contribution in [-0.2, 0) is 0 Å². The van der Waals surface area contributed by atoms with Crippen molar-refractivity contribution in [3.05, 3.63) is 0 Å². The van der Waals surface area contributed by atoms with Gasteiger partial charge >= 0.3 is 0 Å². The van der Waals surface area contributed by atoms with Gasteiger partial charge in [-0.2, -0.15) is 0 Å². The summed E-state index contributed by atoms with van der Waals surface area (Å²) in [5, 5.41) is 0. The topological polar surface area (TPSA) is 3.24 Å². The predicted octanol–water partition coefficient (Wildman–Crippen LogP) is 2.13. The molecule has 1 aliphatic rings. The fourth-order valence-corrected chi connectivity index (χ4v) is 1.71. The largest absolute Gasteiger partial charge is 0.303 e. The first kappa shape index (κ1) is 8.06. The third-order valence-electron chi connectivity index (χ3n) is 2.94. The molecule has 0 aromatic rings. The number of hydrogen-bond acceptors (Lipinski definition) is 1. The lowest BCUT2D eigenvalue weighted by atomic mass is 9.99. The minimum absolute atomic E-state index is 0.794. The summed E-state index contributed by atoms with van der Waals surface area (Å²) >= 11 is 0. The number of likely N-dealkylation sites (tertiary alicyclic amines) is 1. The second-order valence-corrected chi connectivity index (χ2v) is 3.69. The normalized spacial score (nSPS) is 37.5. The molecule has 1 heterocycles. The highest BCUT2D eigenvalue weighted by molar-refractivity contribution is 4.73. The molecule has 1 aliphatic heterocycles. The highest BCUT2D eigenvalue weighted by atomic mass is 15.1. The van der Waals surface area contributed by atoms with E-state index >= 15 is 0 Å². The zero-order valence-corrected chi connectivity index (χ0v) is 7.43. The van der Waals surface area contributed by atoms with Gasteiger partial charge in [0, 0.05) is 6.04 Å². The summed E-state index contributed by atoms with van der Waals surface area (Å²) in [6.07, 6.45) is 4.24. The van der Waals surface area contributed by atoms with E-state index in [1.807, 2.05) is 0 Å². The molecular formula is C9H19N. The first-order chi connectivity index (χ1) is 4.72. The second kappa shape index (κ2) is 3.38. The summed E-state index contributed by atoms with van der Waals surface area (Å²) in [5.74, 6) is 0.896. The molecule has 2 atom stereocenters. The van der Waals surface area contributed by atoms with Gasteiger partial charge in [-0.3, -0.25) is 0 Å². The fraction of sp³-hybridized carbons (Fsp3) is 1.00. The highest BCUT2D eigenvalue weighted by Crippen LogP contribution is 2.20. The molecule has 0 spiro atoms. The third kappa shape index (κ3) is 1.72. The summed E-state index contributed by atoms with van der Waals surface area (Å²) < 4.78 is 0. The first-order valence-corrected chi connectivity index (χ1v) is 4.42. The molecule has 1 rings (SSSR count). The number of rotatable bonds is 0. The summed E-state index contributed by atoms with van der Waals surface area (Å²) in [7, 11) is 2.24. The van der Waals surface area contributed by atoms with Crippen LogP contribution in [0.15, 0.2) is 0 Å². The summed E-state index contributed by atoms with van der Waals surface area (Å²) in [4.78, 5) is 2.48. The van der Waals surface area contributed by atoms with E-state index in [9.17, 15) is 0 Å². The molecule has 0 bridgehead atoms. The van der Waals surface area contributed by atoms with E-state index in [1.54, 1.807) is 0 Å². The van der Waals surface area contributed by atoms with Crippen molar-refractivity contribution >= 4 is 0 Å². The second-order valence-electron chi connectivity index (χ2n) is 3.69. The van der Waals surface area contributed by atoms with Crippen LogP contribution in [0.1, 0.15) is 33.1 Å². The van der Waals surface area contributed by atoms with Crippen molar-refractivity contribution in [1.82, 2.24) is 4.90 Å². The molecule has 0 aliphatic carbocycles. The average Bonchev–Trinajstić information content (AvgIpc) is 2.04. The number of nitrogens with zero attached hydrogens (tertiary/aromatic N) is 1. The predicted molar refractivity (Wildman–Crippen MR) is 45.1 cm³/mol. The van der Waals surface area contributed by atoms with Crippen molar-refractivity contribution in [2.75, 3.05) is 13.6 Å². The van der Waals surface area contributed by atoms with Gasteiger partial charge in [-0.05, 0) is 39.3 Å². The van der Waals surface area contributed by atoms with Gasteiger partial charge in [-0.15, -0.1) is 0 Å². The molecule has 0 aromatic heterocycles. The molecule has 1 heteroatoms. The molecule has 0 aromatic carbocycles. The Morgan fingerprint density at radius 3 is 2.60 bits per heavy atom. The van der Waals surface area contributed by atoms with Crippen LogP contribution < -0.4 is 0 Å². The Morgan fingerprint density at radius 2 is 1.90 bits per heavy atom. The summed E-state index contributed by atoms with van der Waals surface area (Å²) in [6, 6.07) is 0.794. The molecule has 60 valence electrons. The first-order valence-electron chi connectivity index (χ1n) is 4.42. The molecular weight excluding hydrogens is 122 g/mol. The third-order valence-corrected chi connectivity index (χ3v) is 2.94. The lowest BCUT2D eigenvalue weighted by Crippen LogP contribution is -2.32. The molecule has 1 fully saturated rings. The van der Waals surface area contributed by atoms with Crippen LogP contribution in [0.25, 0.3) is 0 Å². The lowest BCUT2D eigenvalue weighted by molar-refractivity contribution is 0.218. The zero-order valence-electron chi connectivity index (χ0n) is 7.43. The smallest absolute Gasteiger partial charge is 0.00895 e. The van der Waals surface area contributed by atoms with Gasteiger partial charge < -0.3 is 4.90 Å². The highest BCUT2D eigenvalue weighted by Gasteiger charge is 2.18. The van der Waals surface area contributed by atoms with Crippen molar-refractivity contribution in [2.45, 2.75) is 39.2 Å². The summed E-state index contributed by atoms with van der Waals surface area (Å²) in [5.41, 5.74) is 0. The Hall–Kier alpha value is -0.0400. The molecule has 2 unspecified atom stereocenters. The summed E-state index contributed by atoms with van der Waals surface area (Å²) in [6.45, 7) is 6.01. The molecule has 0 saturated carbocycles. The minimum Gasteiger partial charge on any atom is -0.303 e. The van der Waals surface area contributed by atoms with Crippen LogP contribution >= 0.6 is 0 Å². The monoisotopic (exact) mass is 141 g/mol. The van der Waals surface area contributed by atoms with E-state index in [2.05, 4.69) is 25.8 Å². The minimum atomic E-state index is 0.794. The van der Waals surface area contributed by atoms with Gasteiger partial charge in [-0.1, -0.05) is 13.3 Å². The Morgan fingerprint density at radius 1 is 1.20 bits per heavy atom. The molecule has 10 heavy (non-hydrogen) atoms. The van der Waals surface area contributed by atoms with E-state index in [0.29, 0.717) is 0 Å². The van der Waals surface area contributed by atoms with Crippen molar-refractivity contribution in [3.63, 3.8) is 0 Å². The van der Waals surface area contributed by atoms with E-state index in [-0.39, 0.29) is 0 Å². The van der Waals surface area contributed by atoms with Crippen LogP contribution in [0, 0.1) is 5.92 Å². The molecule has 0 N–H and O–H groups in total. The Labute approximate surface area is 64.4 Å². The van der Waals surface area contributed by atoms with E-state index in [1.165, 1.54) is 25.8 Å². The van der Waals surface area contributed by atoms with E-state index < -0.39 is 0 Å². The molecule has 0 radical (unpaired) electrons. The maximum absolute atomic E-state index is 2.48. The van der Waals surface area contributed by atoms with Crippen molar-refractivity contribution in [1.29, 1.82) is 0 Å². The molecule has 1 saturated heterocycles. The molecule has 0 amide bonds. The lowest BCUT2D eigenvalue weighted by Gasteiger charge is -2.26. The van der Waals surface area contributed by atoms with Gasteiger partial charge in [0.1, 0.15) is 0 Å². The van der Waals surface area contributed by atoms with Crippen molar-refractivity contribution in [2.24, 2.45) is 5.92 Å². The van der Waals surface area contributed by atoms with Gasteiger partial charge in [0.25, 0.3) is 0 Å². The Balaban J connectivity index is 2.46. The fourth-order valence-electron chi connectivity index (χ4n) is 1.71. The van der Waals surface area contributed by atoms with Gasteiger partial charge in [0.05, 0.1) is 0 Å². The van der Waals surface area contributed by atoms with Gasteiger partial charge in [-0.25, -0.2) is 0 Å². The zero-order chi connectivity index (χ0) is 7.56. The van der Waals surface area contributed by atoms with Crippen LogP contribution in [0.4, 0.5) is 0 Å². The Kier molecular flexibility index (Phi) is 2.72. The Bertz CT molecular complexity index is 88.9. The van der Waals surface area contributed by atoms with Crippen molar-refractivity contribution < 1.29 is 0 Å². The van der Waals surface area contributed by atoms with Crippen LogP contribution in [0.3, 0.4) is 0 Å². The van der Waals surface area contributed by atoms with Crippen LogP contribution in [0.2, 0.25) is 0 Å². The maximum Gasteiger partial charge on any atom is 0.00895 e. The van der Waals surface area contributed by atoms with E-state index in [4.69, 9.17) is 0 Å². The van der Waals surface area contributed by atoms with Gasteiger partial charge in [0.15, 0.2) is 0 Å². The average molecular weight is 141 g/mol. The van der Waals surface area contributed by atoms with Crippen LogP contribution in [0.5, 0.6) is 0 Å². The SMILES string of the molecule is CC1CCCCN(C)C1C. The van der Waals surface area contributed by atoms with Gasteiger partial charge in [0.2, 0.25) is 0 Å². The standard InChI is InChI=1S/C9H19N/c1-8-6-4-5-7-10(3)9(8)2/h8-9H,4-7H2,1-3H3. The maximum atomic E-state index is 2.48. The molecule has 1 nitrogen and oxygen atoms in total. The number of hydrogen-bond donors (Lipinski definition) is 0. The van der Waals surface area contributed by atoms with E-state index in [0.717, 1.165) is 12.0 Å².